The summed E-state index contributed by atoms with van der Waals surface area (Å²) in [7, 11) is 0. The molecule has 0 bridgehead atoms. The summed E-state index contributed by atoms with van der Waals surface area (Å²) in [6, 6.07) is 8.79. The van der Waals surface area contributed by atoms with Gasteiger partial charge in [0.05, 0.1) is 6.61 Å². The molecule has 0 saturated carbocycles. The molecule has 0 spiro atoms. The zero-order chi connectivity index (χ0) is 20.1. The summed E-state index contributed by atoms with van der Waals surface area (Å²) in [6.07, 6.45) is 0.346. The maximum atomic E-state index is 13.4. The van der Waals surface area contributed by atoms with Gasteiger partial charge in [0.2, 0.25) is 0 Å². The number of hydrogen-bond donors (Lipinski definition) is 1. The second kappa shape index (κ2) is 6.51. The van der Waals surface area contributed by atoms with E-state index in [-0.39, 0.29) is 18.8 Å². The number of Topliss-reactive ketones (excluding diaryl/α,β-unsaturated/α-hetero) is 1. The van der Waals surface area contributed by atoms with E-state index in [1.807, 2.05) is 6.07 Å². The first-order valence-electron chi connectivity index (χ1n) is 9.13. The van der Waals surface area contributed by atoms with Gasteiger partial charge in [0, 0.05) is 23.7 Å². The summed E-state index contributed by atoms with van der Waals surface area (Å²) in [4.78, 5) is 39.7. The molecular weight excluding hydrogens is 364 g/mol. The zero-order valence-corrected chi connectivity index (χ0v) is 15.9. The Morgan fingerprint density at radius 2 is 1.89 bits per heavy atom. The first-order valence-corrected chi connectivity index (χ1v) is 9.13. The molecule has 0 amide bonds. The van der Waals surface area contributed by atoms with Gasteiger partial charge in [-0.15, -0.1) is 0 Å². The van der Waals surface area contributed by atoms with Crippen LogP contribution in [0.15, 0.2) is 46.1 Å². The van der Waals surface area contributed by atoms with Crippen molar-refractivity contribution in [3.63, 3.8) is 0 Å². The molecule has 4 rings (SSSR count). The zero-order valence-electron chi connectivity index (χ0n) is 15.9. The lowest BCUT2D eigenvalue weighted by atomic mass is 9.87. The minimum atomic E-state index is -1.37. The minimum Gasteiger partial charge on any atom is -0.347 e. The minimum absolute atomic E-state index is 0.00593. The number of rotatable bonds is 3. The number of aromatic amines is 1. The van der Waals surface area contributed by atoms with Crippen LogP contribution in [0.1, 0.15) is 42.4 Å². The molecule has 3 atom stereocenters. The van der Waals surface area contributed by atoms with Crippen molar-refractivity contribution >= 4 is 5.78 Å². The lowest BCUT2D eigenvalue weighted by Crippen LogP contribution is -2.60. The van der Waals surface area contributed by atoms with Crippen LogP contribution < -0.4 is 11.2 Å². The molecule has 2 aliphatic heterocycles. The van der Waals surface area contributed by atoms with E-state index in [1.54, 1.807) is 45.0 Å². The third-order valence-corrected chi connectivity index (χ3v) is 5.22. The number of H-pyrrole nitrogens is 1. The highest BCUT2D eigenvalue weighted by Gasteiger charge is 2.60. The molecule has 2 aliphatic rings. The van der Waals surface area contributed by atoms with Crippen LogP contribution in [0.4, 0.5) is 0 Å². The van der Waals surface area contributed by atoms with Gasteiger partial charge in [-0.2, -0.15) is 0 Å². The molecule has 2 fully saturated rings. The van der Waals surface area contributed by atoms with Gasteiger partial charge in [-0.3, -0.25) is 19.1 Å². The molecule has 2 saturated heterocycles. The van der Waals surface area contributed by atoms with Crippen molar-refractivity contribution in [3.8, 4) is 0 Å². The Labute approximate surface area is 161 Å². The van der Waals surface area contributed by atoms with Crippen LogP contribution >= 0.6 is 0 Å². The van der Waals surface area contributed by atoms with Gasteiger partial charge < -0.3 is 14.2 Å². The van der Waals surface area contributed by atoms with Crippen molar-refractivity contribution in [2.75, 3.05) is 6.61 Å². The van der Waals surface area contributed by atoms with E-state index in [9.17, 15) is 14.4 Å². The van der Waals surface area contributed by atoms with Crippen molar-refractivity contribution in [1.82, 2.24) is 9.55 Å². The Morgan fingerprint density at radius 1 is 1.18 bits per heavy atom. The normalized spacial score (nSPS) is 28.7. The fourth-order valence-corrected chi connectivity index (χ4v) is 3.74. The van der Waals surface area contributed by atoms with Crippen LogP contribution in [0.5, 0.6) is 0 Å². The van der Waals surface area contributed by atoms with E-state index in [1.165, 1.54) is 10.8 Å². The summed E-state index contributed by atoms with van der Waals surface area (Å²) in [6.45, 7) is 5.15. The van der Waals surface area contributed by atoms with E-state index < -0.39 is 35.0 Å². The second-order valence-electron chi connectivity index (χ2n) is 7.67. The number of nitrogens with zero attached hydrogens (tertiary/aromatic N) is 1. The molecule has 2 aromatic rings. The van der Waals surface area contributed by atoms with Crippen molar-refractivity contribution < 1.29 is 19.0 Å². The standard InChI is InChI=1S/C20H22N2O6/c1-12-10-22(18(25)21-17(12)24)15-9-14-20(28-15,11-26-19(2,3)27-14)16(23)13-7-5-4-6-8-13/h4-8,10,14-15H,9,11H2,1-3H3,(H,21,24,25)/t14-,15+,20-/m0/s1. The number of nitrogens with one attached hydrogen (secondary N) is 1. The highest BCUT2D eigenvalue weighted by Crippen LogP contribution is 2.45. The maximum absolute atomic E-state index is 13.4. The lowest BCUT2D eigenvalue weighted by Gasteiger charge is -2.43. The third kappa shape index (κ3) is 3.03. The van der Waals surface area contributed by atoms with Crippen LogP contribution in [0, 0.1) is 6.92 Å². The average molecular weight is 386 g/mol. The number of carbonyl (C=O) groups is 1. The molecule has 3 heterocycles. The van der Waals surface area contributed by atoms with E-state index in [2.05, 4.69) is 4.98 Å². The number of aryl methyl sites for hydroxylation is 1. The molecule has 28 heavy (non-hydrogen) atoms. The van der Waals surface area contributed by atoms with Gasteiger partial charge >= 0.3 is 5.69 Å². The Balaban J connectivity index is 1.76. The van der Waals surface area contributed by atoms with Crippen LogP contribution in [-0.4, -0.2) is 39.4 Å². The predicted octanol–water partition coefficient (Wildman–Crippen LogP) is 1.54. The number of aromatic nitrogens is 2. The number of ether oxygens (including phenoxy) is 3. The van der Waals surface area contributed by atoms with Gasteiger partial charge in [-0.25, -0.2) is 4.79 Å². The Hall–Kier alpha value is -2.55. The molecule has 0 unspecified atom stereocenters. The fraction of sp³-hybridized carbons (Fsp3) is 0.450. The van der Waals surface area contributed by atoms with E-state index in [4.69, 9.17) is 14.2 Å². The van der Waals surface area contributed by atoms with Gasteiger partial charge in [0.15, 0.2) is 17.2 Å². The number of fused-ring (bicyclic) bond motifs is 1. The molecule has 1 aromatic carbocycles. The lowest BCUT2D eigenvalue weighted by molar-refractivity contribution is -0.310. The van der Waals surface area contributed by atoms with Crippen molar-refractivity contribution in [3.05, 3.63) is 68.5 Å². The van der Waals surface area contributed by atoms with Gasteiger partial charge in [0.25, 0.3) is 5.56 Å². The summed E-state index contributed by atoms with van der Waals surface area (Å²) in [5, 5.41) is 0. The van der Waals surface area contributed by atoms with Crippen LogP contribution in [0.2, 0.25) is 0 Å². The molecular formula is C20H22N2O6. The highest BCUT2D eigenvalue weighted by atomic mass is 16.7. The Bertz CT molecular complexity index is 1020. The third-order valence-electron chi connectivity index (χ3n) is 5.22. The second-order valence-corrected chi connectivity index (χ2v) is 7.67. The van der Waals surface area contributed by atoms with E-state index in [0.717, 1.165) is 0 Å². The summed E-state index contributed by atoms with van der Waals surface area (Å²) in [5.41, 5.74) is -1.57. The first kappa shape index (κ1) is 18.8. The molecule has 8 heteroatoms. The number of benzene rings is 1. The Morgan fingerprint density at radius 3 is 2.61 bits per heavy atom. The van der Waals surface area contributed by atoms with Crippen LogP contribution in [0.25, 0.3) is 0 Å². The Kier molecular flexibility index (Phi) is 4.37. The van der Waals surface area contributed by atoms with Crippen LogP contribution in [0.3, 0.4) is 0 Å². The van der Waals surface area contributed by atoms with Crippen LogP contribution in [-0.2, 0) is 14.2 Å². The quantitative estimate of drug-likeness (QED) is 0.804. The van der Waals surface area contributed by atoms with Crippen molar-refractivity contribution in [2.45, 2.75) is 50.9 Å². The molecule has 8 nitrogen and oxygen atoms in total. The molecule has 0 radical (unpaired) electrons. The van der Waals surface area contributed by atoms with E-state index >= 15 is 0 Å². The van der Waals surface area contributed by atoms with Gasteiger partial charge in [0.1, 0.15) is 12.3 Å². The summed E-state index contributed by atoms with van der Waals surface area (Å²) >= 11 is 0. The predicted molar refractivity (Wildman–Crippen MR) is 99.2 cm³/mol. The monoisotopic (exact) mass is 386 g/mol. The molecule has 0 aliphatic carbocycles. The molecule has 148 valence electrons. The smallest absolute Gasteiger partial charge is 0.330 e. The SMILES string of the molecule is Cc1cn([C@H]2C[C@@H]3OC(C)(C)OC[C@]3(C(=O)c3ccccc3)O2)c(=O)[nH]c1=O. The first-order chi connectivity index (χ1) is 13.2. The van der Waals surface area contributed by atoms with E-state index in [0.29, 0.717) is 11.1 Å². The topological polar surface area (TPSA) is 99.6 Å². The summed E-state index contributed by atoms with van der Waals surface area (Å²) in [5.74, 6) is -1.14. The largest absolute Gasteiger partial charge is 0.347 e. The van der Waals surface area contributed by atoms with Crippen molar-refractivity contribution in [2.24, 2.45) is 0 Å². The fourth-order valence-electron chi connectivity index (χ4n) is 3.74. The van der Waals surface area contributed by atoms with Crippen molar-refractivity contribution in [1.29, 1.82) is 0 Å². The number of hydrogen-bond acceptors (Lipinski definition) is 6. The molecule has 1 N–H and O–H groups in total. The highest BCUT2D eigenvalue weighted by molar-refractivity contribution is 6.03. The number of ketones is 1. The average Bonchev–Trinajstić information content (AvgIpc) is 3.03. The maximum Gasteiger partial charge on any atom is 0.330 e. The number of carbonyl (C=O) groups excluding carboxylic acids is 1. The molecule has 1 aromatic heterocycles. The van der Waals surface area contributed by atoms with Gasteiger partial charge in [-0.05, 0) is 20.8 Å². The summed E-state index contributed by atoms with van der Waals surface area (Å²) < 4.78 is 19.3. The van der Waals surface area contributed by atoms with Gasteiger partial charge in [-0.1, -0.05) is 30.3 Å².